The van der Waals surface area contributed by atoms with Crippen LogP contribution in [0.5, 0.6) is 11.5 Å². The summed E-state index contributed by atoms with van der Waals surface area (Å²) in [6, 6.07) is 8.82. The van der Waals surface area contributed by atoms with Gasteiger partial charge in [-0.1, -0.05) is 6.07 Å². The van der Waals surface area contributed by atoms with Gasteiger partial charge in [0.25, 0.3) is 0 Å². The molecular weight excluding hydrogens is 270 g/mol. The molecule has 106 valence electrons. The molecule has 3 nitrogen and oxygen atoms in total. The van der Waals surface area contributed by atoms with Gasteiger partial charge in [0.15, 0.2) is 0 Å². The number of rotatable bonds is 7. The van der Waals surface area contributed by atoms with E-state index < -0.39 is 0 Å². The molecule has 1 aromatic heterocycles. The highest BCUT2D eigenvalue weighted by atomic mass is 32.1. The number of ether oxygens (including phenoxy) is 2. The van der Waals surface area contributed by atoms with Gasteiger partial charge in [0.2, 0.25) is 0 Å². The van der Waals surface area contributed by atoms with Crippen molar-refractivity contribution >= 4 is 11.3 Å². The summed E-state index contributed by atoms with van der Waals surface area (Å²) in [5.41, 5.74) is 2.40. The van der Waals surface area contributed by atoms with Crippen LogP contribution in [-0.4, -0.2) is 13.2 Å². The van der Waals surface area contributed by atoms with Crippen molar-refractivity contribution in [1.29, 1.82) is 0 Å². The van der Waals surface area contributed by atoms with E-state index in [0.717, 1.165) is 18.0 Å². The minimum atomic E-state index is 0.604. The highest BCUT2D eigenvalue weighted by Crippen LogP contribution is 2.27. The van der Waals surface area contributed by atoms with E-state index in [-0.39, 0.29) is 0 Å². The second-order valence-electron chi connectivity index (χ2n) is 5.05. The van der Waals surface area contributed by atoms with Gasteiger partial charge in [-0.2, -0.15) is 11.3 Å². The van der Waals surface area contributed by atoms with Crippen LogP contribution in [0.3, 0.4) is 0 Å². The molecule has 1 fully saturated rings. The smallest absolute Gasteiger partial charge is 0.127 e. The van der Waals surface area contributed by atoms with Crippen molar-refractivity contribution in [3.63, 3.8) is 0 Å². The number of hydrogen-bond donors (Lipinski definition) is 1. The number of benzene rings is 1. The van der Waals surface area contributed by atoms with Crippen molar-refractivity contribution in [2.75, 3.05) is 7.11 Å². The summed E-state index contributed by atoms with van der Waals surface area (Å²) < 4.78 is 11.2. The van der Waals surface area contributed by atoms with Gasteiger partial charge in [0, 0.05) is 24.2 Å². The molecular formula is C16H19NO2S. The van der Waals surface area contributed by atoms with Gasteiger partial charge in [-0.05, 0) is 41.3 Å². The molecule has 0 saturated heterocycles. The minimum Gasteiger partial charge on any atom is -0.497 e. The summed E-state index contributed by atoms with van der Waals surface area (Å²) >= 11 is 1.69. The molecule has 1 N–H and O–H groups in total. The zero-order chi connectivity index (χ0) is 13.8. The lowest BCUT2D eigenvalue weighted by atomic mass is 10.2. The Balaban J connectivity index is 1.70. The second kappa shape index (κ2) is 6.29. The van der Waals surface area contributed by atoms with Crippen LogP contribution in [-0.2, 0) is 13.2 Å². The van der Waals surface area contributed by atoms with Crippen molar-refractivity contribution in [3.05, 3.63) is 46.2 Å². The molecule has 0 bridgehead atoms. The lowest BCUT2D eigenvalue weighted by Gasteiger charge is -2.13. The van der Waals surface area contributed by atoms with E-state index in [2.05, 4.69) is 28.2 Å². The molecule has 0 spiro atoms. The van der Waals surface area contributed by atoms with Crippen LogP contribution in [0.1, 0.15) is 24.0 Å². The maximum atomic E-state index is 5.96. The summed E-state index contributed by atoms with van der Waals surface area (Å²) in [6.45, 7) is 1.46. The van der Waals surface area contributed by atoms with Gasteiger partial charge in [-0.25, -0.2) is 0 Å². The van der Waals surface area contributed by atoms with Crippen LogP contribution in [0.15, 0.2) is 35.0 Å². The monoisotopic (exact) mass is 289 g/mol. The molecule has 4 heteroatoms. The number of hydrogen-bond acceptors (Lipinski definition) is 4. The Bertz CT molecular complexity index is 550. The van der Waals surface area contributed by atoms with Gasteiger partial charge < -0.3 is 14.8 Å². The second-order valence-corrected chi connectivity index (χ2v) is 5.83. The Morgan fingerprint density at radius 2 is 2.20 bits per heavy atom. The fraction of sp³-hybridized carbons (Fsp3) is 0.375. The summed E-state index contributed by atoms with van der Waals surface area (Å²) in [4.78, 5) is 0. The molecule has 2 aromatic rings. The average Bonchev–Trinajstić information content (AvgIpc) is 3.17. The van der Waals surface area contributed by atoms with Crippen LogP contribution in [0.2, 0.25) is 0 Å². The molecule has 0 radical (unpaired) electrons. The zero-order valence-electron chi connectivity index (χ0n) is 11.6. The van der Waals surface area contributed by atoms with Crippen LogP contribution >= 0.6 is 11.3 Å². The maximum Gasteiger partial charge on any atom is 0.127 e. The third-order valence-electron chi connectivity index (χ3n) is 3.41. The number of methoxy groups -OCH3 is 1. The maximum absolute atomic E-state index is 5.96. The standard InChI is InChI=1S/C16H19NO2S/c1-18-15-5-2-13(9-17-14-3-4-14)16(8-15)19-10-12-6-7-20-11-12/h2,5-8,11,14,17H,3-4,9-10H2,1H3. The van der Waals surface area contributed by atoms with Crippen molar-refractivity contribution in [1.82, 2.24) is 5.32 Å². The summed E-state index contributed by atoms with van der Waals surface area (Å²) in [5.74, 6) is 1.74. The first-order chi connectivity index (χ1) is 9.85. The van der Waals surface area contributed by atoms with E-state index in [1.54, 1.807) is 18.4 Å². The van der Waals surface area contributed by atoms with Gasteiger partial charge in [-0.3, -0.25) is 0 Å². The normalized spacial score (nSPS) is 14.2. The van der Waals surface area contributed by atoms with Crippen LogP contribution < -0.4 is 14.8 Å². The fourth-order valence-corrected chi connectivity index (χ4v) is 2.67. The van der Waals surface area contributed by atoms with E-state index in [4.69, 9.17) is 9.47 Å². The van der Waals surface area contributed by atoms with Crippen molar-refractivity contribution < 1.29 is 9.47 Å². The van der Waals surface area contributed by atoms with E-state index in [9.17, 15) is 0 Å². The molecule has 1 saturated carbocycles. The SMILES string of the molecule is COc1ccc(CNC2CC2)c(OCc2ccsc2)c1. The highest BCUT2D eigenvalue weighted by Gasteiger charge is 2.20. The third kappa shape index (κ3) is 3.52. The Morgan fingerprint density at radius 3 is 2.90 bits per heavy atom. The van der Waals surface area contributed by atoms with Crippen molar-refractivity contribution in [3.8, 4) is 11.5 Å². The number of thiophene rings is 1. The van der Waals surface area contributed by atoms with Crippen LogP contribution in [0, 0.1) is 0 Å². The predicted molar refractivity (Wildman–Crippen MR) is 81.5 cm³/mol. The molecule has 0 amide bonds. The molecule has 20 heavy (non-hydrogen) atoms. The van der Waals surface area contributed by atoms with Crippen LogP contribution in [0.25, 0.3) is 0 Å². The molecule has 3 rings (SSSR count). The van der Waals surface area contributed by atoms with Gasteiger partial charge in [-0.15, -0.1) is 0 Å². The van der Waals surface area contributed by atoms with Gasteiger partial charge >= 0.3 is 0 Å². The molecule has 0 atom stereocenters. The van der Waals surface area contributed by atoms with Gasteiger partial charge in [0.1, 0.15) is 18.1 Å². The van der Waals surface area contributed by atoms with Crippen molar-refractivity contribution in [2.45, 2.75) is 32.0 Å². The fourth-order valence-electron chi connectivity index (χ4n) is 2.02. The summed E-state index contributed by atoms with van der Waals surface area (Å²) in [6.07, 6.45) is 2.59. The topological polar surface area (TPSA) is 30.5 Å². The molecule has 1 heterocycles. The van der Waals surface area contributed by atoms with E-state index >= 15 is 0 Å². The lowest BCUT2D eigenvalue weighted by Crippen LogP contribution is -2.16. The quantitative estimate of drug-likeness (QED) is 0.845. The Morgan fingerprint density at radius 1 is 1.30 bits per heavy atom. The summed E-state index contributed by atoms with van der Waals surface area (Å²) in [7, 11) is 1.68. The minimum absolute atomic E-state index is 0.604. The Kier molecular flexibility index (Phi) is 4.23. The zero-order valence-corrected chi connectivity index (χ0v) is 12.4. The van der Waals surface area contributed by atoms with E-state index in [1.165, 1.54) is 24.0 Å². The molecule has 1 aliphatic carbocycles. The molecule has 0 unspecified atom stereocenters. The first-order valence-electron chi connectivity index (χ1n) is 6.89. The average molecular weight is 289 g/mol. The first kappa shape index (κ1) is 13.5. The number of nitrogens with one attached hydrogen (secondary N) is 1. The summed E-state index contributed by atoms with van der Waals surface area (Å²) in [5, 5.41) is 7.71. The Labute approximate surface area is 123 Å². The third-order valence-corrected chi connectivity index (χ3v) is 4.14. The lowest BCUT2D eigenvalue weighted by molar-refractivity contribution is 0.300. The molecule has 1 aliphatic rings. The van der Waals surface area contributed by atoms with E-state index in [1.807, 2.05) is 12.1 Å². The largest absolute Gasteiger partial charge is 0.497 e. The first-order valence-corrected chi connectivity index (χ1v) is 7.83. The highest BCUT2D eigenvalue weighted by molar-refractivity contribution is 7.07. The molecule has 1 aromatic carbocycles. The van der Waals surface area contributed by atoms with E-state index in [0.29, 0.717) is 12.6 Å². The van der Waals surface area contributed by atoms with Gasteiger partial charge in [0.05, 0.1) is 7.11 Å². The Hall–Kier alpha value is -1.52. The molecule has 0 aliphatic heterocycles. The predicted octanol–water partition coefficient (Wildman–Crippen LogP) is 3.59. The van der Waals surface area contributed by atoms with Crippen LogP contribution in [0.4, 0.5) is 0 Å². The van der Waals surface area contributed by atoms with Crippen molar-refractivity contribution in [2.24, 2.45) is 0 Å².